The highest BCUT2D eigenvalue weighted by molar-refractivity contribution is 7.91. The molecule has 0 aliphatic rings. The van der Waals surface area contributed by atoms with Gasteiger partial charge in [-0.25, -0.2) is 13.7 Å². The highest BCUT2D eigenvalue weighted by atomic mass is 32.2. The summed E-state index contributed by atoms with van der Waals surface area (Å²) in [6, 6.07) is 0. The monoisotopic (exact) mass is 218 g/mol. The summed E-state index contributed by atoms with van der Waals surface area (Å²) < 4.78 is 30.0. The van der Waals surface area contributed by atoms with E-state index in [0.717, 1.165) is 0 Å². The lowest BCUT2D eigenvalue weighted by atomic mass is 10.9. The van der Waals surface area contributed by atoms with Gasteiger partial charge in [-0.05, 0) is 0 Å². The maximum atomic E-state index is 10.8. The Morgan fingerprint density at radius 3 is 2.67 bits per heavy atom. The van der Waals surface area contributed by atoms with E-state index in [0.29, 0.717) is 12.3 Å². The van der Waals surface area contributed by atoms with Crippen molar-refractivity contribution in [3.8, 4) is 0 Å². The molecule has 0 aromatic carbocycles. The van der Waals surface area contributed by atoms with Crippen molar-refractivity contribution in [1.82, 2.24) is 0 Å². The van der Waals surface area contributed by atoms with Crippen LogP contribution in [0.3, 0.4) is 0 Å². The zero-order valence-corrected chi connectivity index (χ0v) is 8.06. The topological polar surface area (TPSA) is 82.1 Å². The lowest BCUT2D eigenvalue weighted by molar-refractivity contribution is -0.434. The Balaban J connectivity index is 3.32. The number of hydrogen-bond donors (Lipinski definition) is 1. The molecule has 12 heavy (non-hydrogen) atoms. The first-order chi connectivity index (χ1) is 5.62. The molecule has 0 radical (unpaired) electrons. The predicted octanol–water partition coefficient (Wildman–Crippen LogP) is 0.422. The molecule has 0 amide bonds. The van der Waals surface area contributed by atoms with Gasteiger partial charge in [-0.15, -0.1) is 4.33 Å². The minimum Gasteiger partial charge on any atom is -0.288 e. The van der Waals surface area contributed by atoms with E-state index in [4.69, 9.17) is 5.26 Å². The van der Waals surface area contributed by atoms with Gasteiger partial charge in [-0.3, -0.25) is 4.18 Å². The van der Waals surface area contributed by atoms with Gasteiger partial charge in [-0.1, -0.05) is 12.0 Å². The smallest absolute Gasteiger partial charge is 0.197 e. The molecule has 1 N–H and O–H groups in total. The zero-order chi connectivity index (χ0) is 9.45. The van der Waals surface area contributed by atoms with E-state index in [1.165, 1.54) is 0 Å². The normalized spacial score (nSPS) is 11.8. The molecule has 0 atom stereocenters. The third-order valence-corrected chi connectivity index (χ3v) is 3.07. The first-order valence-electron chi connectivity index (χ1n) is 3.09. The Hall–Kier alpha value is 0.140. The molecule has 0 bridgehead atoms. The molecule has 0 aromatic rings. The highest BCUT2D eigenvalue weighted by Gasteiger charge is 2.06. The Bertz CT molecular complexity index is 188. The van der Waals surface area contributed by atoms with Crippen LogP contribution in [0.25, 0.3) is 0 Å². The molecule has 0 fully saturated rings. The van der Waals surface area contributed by atoms with E-state index in [-0.39, 0.29) is 18.1 Å². The molecule has 0 saturated heterocycles. The van der Waals surface area contributed by atoms with Crippen molar-refractivity contribution in [1.29, 1.82) is 0 Å². The van der Waals surface area contributed by atoms with E-state index >= 15 is 0 Å². The van der Waals surface area contributed by atoms with Crippen LogP contribution in [0.1, 0.15) is 6.92 Å². The minimum absolute atomic E-state index is 0.00972. The minimum atomic E-state index is -3.00. The van der Waals surface area contributed by atoms with Crippen LogP contribution in [0, 0.1) is 0 Å². The van der Waals surface area contributed by atoms with Crippen LogP contribution >= 0.6 is 12.3 Å². The average molecular weight is 218 g/mol. The summed E-state index contributed by atoms with van der Waals surface area (Å²) in [6.45, 7) is 1.54. The van der Waals surface area contributed by atoms with Crippen LogP contribution in [-0.2, 0) is 23.4 Å². The van der Waals surface area contributed by atoms with Gasteiger partial charge >= 0.3 is 0 Å². The van der Waals surface area contributed by atoms with Gasteiger partial charge in [0.15, 0.2) is 22.2 Å². The standard InChI is InChI=1S/C4H10O6S2/c1-2-12(6,7)4-3-8-11-10-9-5/h5H,2-4H2,1H3. The molecule has 0 unspecified atom stereocenters. The molecule has 8 heteroatoms. The Morgan fingerprint density at radius 1 is 1.50 bits per heavy atom. The van der Waals surface area contributed by atoms with Crippen LogP contribution in [0.2, 0.25) is 0 Å². The fourth-order valence-corrected chi connectivity index (χ4v) is 1.32. The van der Waals surface area contributed by atoms with Gasteiger partial charge in [0.05, 0.1) is 12.4 Å². The SMILES string of the molecule is CCS(=O)(=O)CCOSOOO. The molecule has 0 aromatic heterocycles. The van der Waals surface area contributed by atoms with Crippen LogP contribution in [0.15, 0.2) is 0 Å². The Kier molecular flexibility index (Phi) is 6.71. The second kappa shape index (κ2) is 6.63. The molecule has 0 heterocycles. The molecule has 74 valence electrons. The predicted molar refractivity (Wildman–Crippen MR) is 42.7 cm³/mol. The number of rotatable bonds is 7. The second-order valence-electron chi connectivity index (χ2n) is 1.77. The summed E-state index contributed by atoms with van der Waals surface area (Å²) in [5, 5.41) is 10.8. The first kappa shape index (κ1) is 12.1. The lowest BCUT2D eigenvalue weighted by Crippen LogP contribution is -2.12. The van der Waals surface area contributed by atoms with Crippen molar-refractivity contribution in [3.05, 3.63) is 0 Å². The molecule has 0 saturated carbocycles. The van der Waals surface area contributed by atoms with Gasteiger partial charge in [0.2, 0.25) is 0 Å². The van der Waals surface area contributed by atoms with Crippen LogP contribution in [0.4, 0.5) is 0 Å². The molecular weight excluding hydrogens is 208 g/mol. The summed E-state index contributed by atoms with van der Waals surface area (Å²) in [4.78, 5) is 0. The summed E-state index contributed by atoms with van der Waals surface area (Å²) in [7, 11) is -3.00. The van der Waals surface area contributed by atoms with Crippen LogP contribution in [0.5, 0.6) is 0 Å². The second-order valence-corrected chi connectivity index (χ2v) is 4.75. The van der Waals surface area contributed by atoms with Gasteiger partial charge < -0.3 is 0 Å². The quantitative estimate of drug-likeness (QED) is 0.287. The Morgan fingerprint density at radius 2 is 2.17 bits per heavy atom. The highest BCUT2D eigenvalue weighted by Crippen LogP contribution is 2.03. The van der Waals surface area contributed by atoms with Crippen molar-refractivity contribution in [2.24, 2.45) is 0 Å². The lowest BCUT2D eigenvalue weighted by Gasteiger charge is -1.99. The van der Waals surface area contributed by atoms with Crippen LogP contribution in [-0.4, -0.2) is 31.8 Å². The maximum absolute atomic E-state index is 10.8. The van der Waals surface area contributed by atoms with Gasteiger partial charge in [0.1, 0.15) is 0 Å². The summed E-state index contributed by atoms with van der Waals surface area (Å²) in [6.07, 6.45) is 0. The fraction of sp³-hybridized carbons (Fsp3) is 1.00. The molecule has 0 rings (SSSR count). The van der Waals surface area contributed by atoms with E-state index in [1.54, 1.807) is 6.92 Å². The first-order valence-corrected chi connectivity index (χ1v) is 5.58. The van der Waals surface area contributed by atoms with Gasteiger partial charge in [0, 0.05) is 5.75 Å². The van der Waals surface area contributed by atoms with E-state index in [9.17, 15) is 8.42 Å². The molecule has 0 aliphatic heterocycles. The van der Waals surface area contributed by atoms with Crippen molar-refractivity contribution >= 4 is 22.2 Å². The number of sulfone groups is 1. The van der Waals surface area contributed by atoms with E-state index in [2.05, 4.69) is 13.6 Å². The van der Waals surface area contributed by atoms with Crippen molar-refractivity contribution < 1.29 is 27.2 Å². The summed E-state index contributed by atoms with van der Waals surface area (Å²) in [5.41, 5.74) is 0. The third-order valence-electron chi connectivity index (χ3n) is 1.02. The zero-order valence-electron chi connectivity index (χ0n) is 6.43. The average Bonchev–Trinajstić information content (AvgIpc) is 2.04. The molecule has 0 aliphatic carbocycles. The van der Waals surface area contributed by atoms with Crippen molar-refractivity contribution in [3.63, 3.8) is 0 Å². The third kappa shape index (κ3) is 6.83. The Labute approximate surface area is 75.0 Å². The van der Waals surface area contributed by atoms with E-state index < -0.39 is 9.84 Å². The fourth-order valence-electron chi connectivity index (χ4n) is 0.371. The van der Waals surface area contributed by atoms with Crippen molar-refractivity contribution in [2.75, 3.05) is 18.1 Å². The molecule has 6 nitrogen and oxygen atoms in total. The number of hydrogen-bond acceptors (Lipinski definition) is 7. The molecular formula is C4H10O6S2. The van der Waals surface area contributed by atoms with Crippen molar-refractivity contribution in [2.45, 2.75) is 6.92 Å². The molecule has 0 spiro atoms. The van der Waals surface area contributed by atoms with Gasteiger partial charge in [0.25, 0.3) is 0 Å². The van der Waals surface area contributed by atoms with Crippen LogP contribution < -0.4 is 0 Å². The van der Waals surface area contributed by atoms with Gasteiger partial charge in [-0.2, -0.15) is 0 Å². The van der Waals surface area contributed by atoms with E-state index in [1.807, 2.05) is 0 Å². The largest absolute Gasteiger partial charge is 0.288 e. The maximum Gasteiger partial charge on any atom is 0.197 e. The summed E-state index contributed by atoms with van der Waals surface area (Å²) >= 11 is 0.368. The summed E-state index contributed by atoms with van der Waals surface area (Å²) in [5.74, 6) is 0.00364.